The van der Waals surface area contributed by atoms with Gasteiger partial charge in [0.25, 0.3) is 5.79 Å². The van der Waals surface area contributed by atoms with Gasteiger partial charge in [0.15, 0.2) is 62.9 Å². The number of carboxylic acid groups (broad SMARTS) is 1. The Morgan fingerprint density at radius 1 is 0.287 bits per heavy atom. The van der Waals surface area contributed by atoms with E-state index in [9.17, 15) is 192 Å². The van der Waals surface area contributed by atoms with Crippen LogP contribution in [0.25, 0.3) is 0 Å². The summed E-state index contributed by atoms with van der Waals surface area (Å²) in [7, 11) is 0. The Morgan fingerprint density at radius 2 is 0.552 bits per heavy atom. The van der Waals surface area contributed by atoms with Crippen molar-refractivity contribution in [2.75, 3.05) is 72.7 Å². The van der Waals surface area contributed by atoms with Crippen LogP contribution in [0.1, 0.15) is 41.0 Å². The number of aliphatic hydroxyl groups excluding tert-OH is 31. The van der Waals surface area contributed by atoms with E-state index in [0.29, 0.717) is 0 Å². The van der Waals surface area contributed by atoms with E-state index < -0.39 is 458 Å². The van der Waals surface area contributed by atoms with E-state index in [2.05, 4.69) is 26.6 Å². The van der Waals surface area contributed by atoms with Crippen molar-refractivity contribution in [1.82, 2.24) is 26.6 Å². The lowest BCUT2D eigenvalue weighted by Gasteiger charge is -2.51. The maximum Gasteiger partial charge on any atom is 0.364 e. The molecule has 826 valence electrons. The summed E-state index contributed by atoms with van der Waals surface area (Å²) in [4.78, 5) is 77.3. The molecule has 0 spiro atoms. The van der Waals surface area contributed by atoms with Gasteiger partial charge >= 0.3 is 5.97 Å². The molecule has 11 heterocycles. The molecule has 64 heteroatoms. The molecule has 0 aromatic rings. The zero-order chi connectivity index (χ0) is 106. The Hall–Kier alpha value is -5.26. The minimum absolute atomic E-state index is 0.849. The molecule has 5 amide bonds. The molecule has 0 radical (unpaired) electrons. The Morgan fingerprint density at radius 3 is 0.881 bits per heavy atom. The SMILES string of the molecule is CC(=O)N[C@H]1[C@H](O[C@H]2[C@@H](O)[C@@H](CO[C@@H]3O[C@H](CO)[C@@H](O[C@@H]4O[C@H](CO)[C@H](O)[C@H](OC5O[C@H](CO)[C@@H](O[C@@H]6O[C@H](CO)[C@H](O)[C@H](O[C@@H]7O[C@H](CO)[C@@H](O[C@@H]8O[C@H](CO)[C@H](O)[C@H](O)[C@H]8O)[C@H](O)[C@H]7NC(C)=O)[C@H]6O)[C@H](O)[C@H]5NC(C)=O)[C@H]4O)[C@H](O)[C@H]3NC(C)=O)O[C@@H](O[C@H]3[C@H](O)[C@@H](O)C(O)O[C@@H]3CO)[C@@H]2O)O[C@H](CO)[C@@H](O[C@@H]2O[C@H](CO[C@]3(C(=O)O)C[C@H](O)[C@@H](NC(C)=O)[C@H]([C@H](O)[C@H](O)CO)O3)[C@H](O)[C@H](O)[C@H]2O)[C@@H]1O. The molecule has 11 rings (SSSR count). The van der Waals surface area contributed by atoms with E-state index in [1.807, 2.05) is 0 Å². The van der Waals surface area contributed by atoms with Gasteiger partial charge in [-0.25, -0.2) is 4.79 Å². The van der Waals surface area contributed by atoms with Crippen LogP contribution >= 0.6 is 0 Å². The summed E-state index contributed by atoms with van der Waals surface area (Å²) in [5.74, 6) is -9.94. The summed E-state index contributed by atoms with van der Waals surface area (Å²) in [5.41, 5.74) is 0. The van der Waals surface area contributed by atoms with Crippen LogP contribution in [0.2, 0.25) is 0 Å². The van der Waals surface area contributed by atoms with E-state index in [-0.39, 0.29) is 0 Å². The summed E-state index contributed by atoms with van der Waals surface area (Å²) in [6, 6.07) is -9.60. The summed E-state index contributed by atoms with van der Waals surface area (Å²) >= 11 is 0. The van der Waals surface area contributed by atoms with E-state index in [1.54, 1.807) is 0 Å². The number of carboxylic acids is 1. The van der Waals surface area contributed by atoms with Gasteiger partial charge in [0.2, 0.25) is 29.5 Å². The average Bonchev–Trinajstić information content (AvgIpc) is 0.756. The molecule has 0 aliphatic carbocycles. The van der Waals surface area contributed by atoms with Crippen molar-refractivity contribution in [3.05, 3.63) is 0 Å². The molecule has 11 saturated heterocycles. The summed E-state index contributed by atoms with van der Waals surface area (Å²) in [5, 5.41) is 368. The van der Waals surface area contributed by atoms with Gasteiger partial charge < -0.3 is 289 Å². The van der Waals surface area contributed by atoms with Gasteiger partial charge in [-0.3, -0.25) is 24.0 Å². The monoisotopic (exact) mass is 2090 g/mol. The maximum atomic E-state index is 13.2. The molecule has 2 unspecified atom stereocenters. The lowest BCUT2D eigenvalue weighted by molar-refractivity contribution is -0.388. The fourth-order valence-electron chi connectivity index (χ4n) is 18.5. The highest BCUT2D eigenvalue weighted by Gasteiger charge is 2.64. The van der Waals surface area contributed by atoms with Crippen LogP contribution in [0, 0.1) is 0 Å². The Bertz CT molecular complexity index is 4030. The van der Waals surface area contributed by atoms with Crippen LogP contribution in [-0.4, -0.2) is 615 Å². The normalized spacial score (nSPS) is 47.8. The third kappa shape index (κ3) is 26.2. The fourth-order valence-corrected chi connectivity index (χ4v) is 18.5. The molecular formula is C79H131N5O59. The largest absolute Gasteiger partial charge is 0.477 e. The molecule has 11 fully saturated rings. The van der Waals surface area contributed by atoms with Crippen LogP contribution in [0.15, 0.2) is 0 Å². The third-order valence-electron chi connectivity index (χ3n) is 26.0. The van der Waals surface area contributed by atoms with Crippen molar-refractivity contribution in [2.24, 2.45) is 0 Å². The first-order valence-corrected chi connectivity index (χ1v) is 45.3. The van der Waals surface area contributed by atoms with Crippen molar-refractivity contribution in [2.45, 2.75) is 384 Å². The fraction of sp³-hybridized carbons (Fsp3) is 0.924. The lowest BCUT2D eigenvalue weighted by atomic mass is 9.88. The van der Waals surface area contributed by atoms with Gasteiger partial charge in [-0.2, -0.15) is 0 Å². The summed E-state index contributed by atoms with van der Waals surface area (Å²) in [6.07, 6.45) is -108. The molecule has 0 bridgehead atoms. The van der Waals surface area contributed by atoms with E-state index in [0.717, 1.165) is 34.6 Å². The predicted octanol–water partition coefficient (Wildman–Crippen LogP) is -25.1. The van der Waals surface area contributed by atoms with Crippen molar-refractivity contribution < 1.29 is 292 Å². The zero-order valence-electron chi connectivity index (χ0n) is 76.6. The van der Waals surface area contributed by atoms with Crippen molar-refractivity contribution in [3.63, 3.8) is 0 Å². The highest BCUT2D eigenvalue weighted by atomic mass is 16.8. The molecule has 11 aliphatic rings. The smallest absolute Gasteiger partial charge is 0.364 e. The number of hydrogen-bond donors (Lipinski definition) is 37. The molecule has 37 N–H and O–H groups in total. The molecule has 0 aromatic carbocycles. The van der Waals surface area contributed by atoms with Crippen LogP contribution in [-0.2, 0) is 128 Å². The van der Waals surface area contributed by atoms with Crippen molar-refractivity contribution >= 4 is 35.5 Å². The highest BCUT2D eigenvalue weighted by Crippen LogP contribution is 2.43. The van der Waals surface area contributed by atoms with Crippen LogP contribution < -0.4 is 26.6 Å². The lowest BCUT2D eigenvalue weighted by Crippen LogP contribution is -2.71. The number of amides is 5. The number of hydrogen-bond acceptors (Lipinski definition) is 58. The number of aliphatic carboxylic acids is 1. The second-order valence-electron chi connectivity index (χ2n) is 36.0. The van der Waals surface area contributed by atoms with Crippen LogP contribution in [0.5, 0.6) is 0 Å². The second-order valence-corrected chi connectivity index (χ2v) is 36.0. The Kier molecular flexibility index (Phi) is 42.3. The van der Waals surface area contributed by atoms with Gasteiger partial charge in [0.05, 0.1) is 84.8 Å². The van der Waals surface area contributed by atoms with Crippen LogP contribution in [0.4, 0.5) is 0 Å². The predicted molar refractivity (Wildman–Crippen MR) is 438 cm³/mol. The number of carbonyl (C=O) groups excluding carboxylic acids is 5. The zero-order valence-corrected chi connectivity index (χ0v) is 76.6. The molecule has 64 nitrogen and oxygen atoms in total. The van der Waals surface area contributed by atoms with Gasteiger partial charge in [0.1, 0.15) is 262 Å². The highest BCUT2D eigenvalue weighted by molar-refractivity contribution is 5.77. The number of rotatable bonds is 39. The molecule has 11 aliphatic heterocycles. The van der Waals surface area contributed by atoms with Gasteiger partial charge in [-0.05, 0) is 0 Å². The maximum absolute atomic E-state index is 13.2. The number of carbonyl (C=O) groups is 6. The minimum Gasteiger partial charge on any atom is -0.477 e. The summed E-state index contributed by atoms with van der Waals surface area (Å²) < 4.78 is 123. The summed E-state index contributed by atoms with van der Waals surface area (Å²) in [6.45, 7) is -8.14. The van der Waals surface area contributed by atoms with E-state index in [4.69, 9.17) is 99.5 Å². The topological polar surface area (TPSA) is 1000 Å². The van der Waals surface area contributed by atoms with E-state index >= 15 is 0 Å². The Labute approximate surface area is 808 Å². The molecule has 0 saturated carbocycles. The third-order valence-corrected chi connectivity index (χ3v) is 26.0. The molecule has 56 atom stereocenters. The first-order chi connectivity index (χ1) is 67.5. The number of aliphatic hydroxyl groups is 31. The minimum atomic E-state index is -3.10. The second kappa shape index (κ2) is 51.2. The molecular weight excluding hydrogens is 1960 g/mol. The average molecular weight is 2090 g/mol. The Balaban J connectivity index is 0.791. The molecule has 143 heavy (non-hydrogen) atoms. The van der Waals surface area contributed by atoms with E-state index in [1.165, 1.54) is 0 Å². The quantitative estimate of drug-likeness (QED) is 0.0272. The standard InChI is InChI=1S/C79H131N5O59/c1-18(94)80-35-23(99)6-79(78(121)122,143-64(35)40(101)24(100)7-85)124-17-34-42(103)51(112)55(116)74(134-34)136-61-31(14-92)131-72(38(48(61)109)83-21(4)97)142-67-45(106)33(133-77(58(67)119)139-63-28(11-89)125-68(120)53(114)52(63)113)16-123-69-36(81-19(2)95)46(107)59(29(12-90)129-69)137-75-56(117)65(43(104)26(9-87)127-75)141-71-39(84-22(5)98)49(110)62(32(15-93)132-71)138-76-57(118)66(44(105)27(10-88)128-76)140-70-37(82-20(3)96)47(108)60(30(13-91)130-70)135-73-54(115)50(111)41(102)25(8-86)126-73/h23-77,85-93,99-120H,6-17H2,1-5H3,(H,80,94)(H,81,95)(H,82,96)(H,83,97)(H,84,98)(H,121,122)/t23-,24+,25+,26+,27+,28+,29+,30+,31+,32+,33+,34+,35+,36+,37+,38+,39+,40+,41-,42-,43-,44-,45-,46+,47+,48+,49+,50-,51-,52+,53+,54+,55+,56+,57+,58+,59+,60+,61+,62+,63+,64+,65-,66-,67-,68?,69+,70-,71?,72-,73-,74-,75-,76-,77-,79+/m0/s1. The molecule has 0 aromatic heterocycles. The number of nitrogens with one attached hydrogen (secondary N) is 5. The van der Waals surface area contributed by atoms with Crippen molar-refractivity contribution in [3.8, 4) is 0 Å². The first-order valence-electron chi connectivity index (χ1n) is 45.3. The van der Waals surface area contributed by atoms with Crippen LogP contribution in [0.3, 0.4) is 0 Å². The number of ether oxygens (including phenoxy) is 21. The van der Waals surface area contributed by atoms with Gasteiger partial charge in [0, 0.05) is 41.0 Å². The first kappa shape index (κ1) is 118. The van der Waals surface area contributed by atoms with Crippen molar-refractivity contribution in [1.29, 1.82) is 0 Å². The van der Waals surface area contributed by atoms with Gasteiger partial charge in [-0.1, -0.05) is 0 Å². The van der Waals surface area contributed by atoms with Gasteiger partial charge in [-0.15, -0.1) is 0 Å².